The van der Waals surface area contributed by atoms with Gasteiger partial charge in [0, 0.05) is 30.5 Å². The van der Waals surface area contributed by atoms with Gasteiger partial charge in [0.25, 0.3) is 5.89 Å². The summed E-state index contributed by atoms with van der Waals surface area (Å²) in [5.74, 6) is 0.271. The normalized spacial score (nSPS) is 16.7. The molecule has 7 heteroatoms. The molecule has 1 N–H and O–H groups in total. The van der Waals surface area contributed by atoms with Crippen LogP contribution in [-0.4, -0.2) is 36.4 Å². The van der Waals surface area contributed by atoms with Gasteiger partial charge >= 0.3 is 5.97 Å². The Hall–Kier alpha value is -2.93. The minimum atomic E-state index is -0.386. The number of nitrogens with one attached hydrogen (secondary N) is 1. The first-order chi connectivity index (χ1) is 14.4. The highest BCUT2D eigenvalue weighted by molar-refractivity contribution is 5.97. The van der Waals surface area contributed by atoms with Crippen molar-refractivity contribution in [3.63, 3.8) is 0 Å². The van der Waals surface area contributed by atoms with E-state index in [1.165, 1.54) is 0 Å². The van der Waals surface area contributed by atoms with Crippen LogP contribution in [0.4, 0.5) is 0 Å². The van der Waals surface area contributed by atoms with Crippen molar-refractivity contribution in [3.05, 3.63) is 63.6 Å². The van der Waals surface area contributed by atoms with Gasteiger partial charge in [0.15, 0.2) is 5.82 Å². The summed E-state index contributed by atoms with van der Waals surface area (Å²) in [5, 5.41) is 7.37. The molecule has 2 heterocycles. The van der Waals surface area contributed by atoms with Crippen LogP contribution in [0, 0.1) is 13.8 Å². The number of nitrogens with zero attached hydrogens (tertiary/aromatic N) is 2. The SMILES string of the molecule is CCc1noc(C2=C(C)NC(C)=C(C(=O)OCCOC)C2c2cc(C)ccc2C)n1. The van der Waals surface area contributed by atoms with Gasteiger partial charge in [-0.15, -0.1) is 0 Å². The minimum absolute atomic E-state index is 0.185. The van der Waals surface area contributed by atoms with Gasteiger partial charge in [0.05, 0.1) is 18.1 Å². The molecule has 1 unspecified atom stereocenters. The second kappa shape index (κ2) is 9.26. The van der Waals surface area contributed by atoms with Crippen LogP contribution in [0.1, 0.15) is 55.1 Å². The van der Waals surface area contributed by atoms with E-state index in [0.717, 1.165) is 33.7 Å². The number of allylic oxidation sites excluding steroid dienone is 3. The zero-order valence-corrected chi connectivity index (χ0v) is 18.5. The summed E-state index contributed by atoms with van der Waals surface area (Å²) < 4.78 is 16.1. The van der Waals surface area contributed by atoms with Gasteiger partial charge in [-0.25, -0.2) is 4.79 Å². The Balaban J connectivity index is 2.16. The maximum atomic E-state index is 13.1. The smallest absolute Gasteiger partial charge is 0.336 e. The minimum Gasteiger partial charge on any atom is -0.460 e. The van der Waals surface area contributed by atoms with Crippen molar-refractivity contribution in [3.8, 4) is 0 Å². The van der Waals surface area contributed by atoms with Crippen LogP contribution in [0.5, 0.6) is 0 Å². The van der Waals surface area contributed by atoms with E-state index in [9.17, 15) is 4.79 Å². The number of hydrogen-bond acceptors (Lipinski definition) is 7. The van der Waals surface area contributed by atoms with Gasteiger partial charge in [-0.3, -0.25) is 0 Å². The van der Waals surface area contributed by atoms with E-state index in [1.54, 1.807) is 7.11 Å². The fourth-order valence-electron chi connectivity index (χ4n) is 3.73. The molecular formula is C23H29N3O4. The molecule has 1 aliphatic rings. The number of carbonyl (C=O) groups is 1. The number of rotatable bonds is 7. The molecule has 0 bridgehead atoms. The lowest BCUT2D eigenvalue weighted by Crippen LogP contribution is -2.29. The van der Waals surface area contributed by atoms with Gasteiger partial charge in [0.1, 0.15) is 6.61 Å². The van der Waals surface area contributed by atoms with E-state index in [2.05, 4.69) is 33.7 Å². The number of ether oxygens (including phenoxy) is 2. The molecule has 0 saturated carbocycles. The van der Waals surface area contributed by atoms with Gasteiger partial charge in [0.2, 0.25) is 0 Å². The van der Waals surface area contributed by atoms with Crippen molar-refractivity contribution in [1.82, 2.24) is 15.5 Å². The highest BCUT2D eigenvalue weighted by Crippen LogP contribution is 2.44. The molecule has 0 amide bonds. The quantitative estimate of drug-likeness (QED) is 0.547. The van der Waals surface area contributed by atoms with Crippen LogP contribution < -0.4 is 5.32 Å². The number of benzene rings is 1. The Bertz CT molecular complexity index is 1000. The second-order valence-corrected chi connectivity index (χ2v) is 7.49. The average Bonchev–Trinajstić information content (AvgIpc) is 3.18. The summed E-state index contributed by atoms with van der Waals surface area (Å²) >= 11 is 0. The Labute approximate surface area is 177 Å². The molecule has 1 aliphatic heterocycles. The summed E-state index contributed by atoms with van der Waals surface area (Å²) in [6.45, 7) is 10.4. The largest absolute Gasteiger partial charge is 0.460 e. The number of aryl methyl sites for hydroxylation is 3. The average molecular weight is 412 g/mol. The predicted octanol–water partition coefficient (Wildman–Crippen LogP) is 3.83. The number of hydrogen-bond donors (Lipinski definition) is 1. The molecule has 1 aromatic carbocycles. The van der Waals surface area contributed by atoms with Crippen LogP contribution in [-0.2, 0) is 20.7 Å². The molecule has 7 nitrogen and oxygen atoms in total. The number of aromatic nitrogens is 2. The number of dihydropyridines is 1. The van der Waals surface area contributed by atoms with Crippen molar-refractivity contribution < 1.29 is 18.8 Å². The summed E-state index contributed by atoms with van der Waals surface area (Å²) in [5.41, 5.74) is 6.15. The van der Waals surface area contributed by atoms with Gasteiger partial charge < -0.3 is 19.3 Å². The molecule has 0 spiro atoms. The maximum absolute atomic E-state index is 13.1. The Kier molecular flexibility index (Phi) is 6.72. The van der Waals surface area contributed by atoms with E-state index in [4.69, 9.17) is 14.0 Å². The first-order valence-corrected chi connectivity index (χ1v) is 10.1. The number of carbonyl (C=O) groups excluding carboxylic acids is 1. The highest BCUT2D eigenvalue weighted by atomic mass is 16.6. The van der Waals surface area contributed by atoms with Crippen molar-refractivity contribution in [2.24, 2.45) is 0 Å². The van der Waals surface area contributed by atoms with Gasteiger partial charge in [-0.2, -0.15) is 4.98 Å². The van der Waals surface area contributed by atoms with E-state index in [1.807, 2.05) is 34.6 Å². The Morgan fingerprint density at radius 3 is 2.60 bits per heavy atom. The molecule has 0 saturated heterocycles. The molecule has 0 aliphatic carbocycles. The fourth-order valence-corrected chi connectivity index (χ4v) is 3.73. The van der Waals surface area contributed by atoms with Crippen molar-refractivity contribution >= 4 is 11.5 Å². The highest BCUT2D eigenvalue weighted by Gasteiger charge is 2.37. The first-order valence-electron chi connectivity index (χ1n) is 10.1. The molecule has 160 valence electrons. The molecule has 0 radical (unpaired) electrons. The monoisotopic (exact) mass is 411 g/mol. The van der Waals surface area contributed by atoms with Crippen LogP contribution in [0.25, 0.3) is 5.57 Å². The number of methoxy groups -OCH3 is 1. The molecular weight excluding hydrogens is 382 g/mol. The van der Waals surface area contributed by atoms with Gasteiger partial charge in [-0.1, -0.05) is 35.8 Å². The molecule has 30 heavy (non-hydrogen) atoms. The number of esters is 1. The van der Waals surface area contributed by atoms with Crippen molar-refractivity contribution in [1.29, 1.82) is 0 Å². The summed E-state index contributed by atoms with van der Waals surface area (Å²) in [6.07, 6.45) is 0.665. The van der Waals surface area contributed by atoms with E-state index in [-0.39, 0.29) is 18.5 Å². The fraction of sp³-hybridized carbons (Fsp3) is 0.435. The maximum Gasteiger partial charge on any atom is 0.336 e. The van der Waals surface area contributed by atoms with E-state index >= 15 is 0 Å². The molecule has 0 fully saturated rings. The predicted molar refractivity (Wildman–Crippen MR) is 114 cm³/mol. The lowest BCUT2D eigenvalue weighted by Gasteiger charge is -2.31. The van der Waals surface area contributed by atoms with Crippen LogP contribution in [0.15, 0.2) is 39.7 Å². The molecule has 1 atom stereocenters. The summed E-state index contributed by atoms with van der Waals surface area (Å²) in [4.78, 5) is 17.7. The topological polar surface area (TPSA) is 86.5 Å². The molecule has 1 aromatic heterocycles. The third kappa shape index (κ3) is 4.31. The summed E-state index contributed by atoms with van der Waals surface area (Å²) in [7, 11) is 1.57. The van der Waals surface area contributed by atoms with Crippen molar-refractivity contribution in [2.45, 2.75) is 47.0 Å². The zero-order valence-electron chi connectivity index (χ0n) is 18.5. The van der Waals surface area contributed by atoms with Crippen LogP contribution in [0.2, 0.25) is 0 Å². The lowest BCUT2D eigenvalue weighted by atomic mass is 9.78. The van der Waals surface area contributed by atoms with Crippen LogP contribution in [0.3, 0.4) is 0 Å². The van der Waals surface area contributed by atoms with E-state index in [0.29, 0.717) is 30.3 Å². The Morgan fingerprint density at radius 1 is 1.17 bits per heavy atom. The lowest BCUT2D eigenvalue weighted by molar-refractivity contribution is -0.140. The van der Waals surface area contributed by atoms with Crippen molar-refractivity contribution in [2.75, 3.05) is 20.3 Å². The Morgan fingerprint density at radius 2 is 1.93 bits per heavy atom. The third-order valence-corrected chi connectivity index (χ3v) is 5.26. The third-order valence-electron chi connectivity index (χ3n) is 5.26. The van der Waals surface area contributed by atoms with Crippen LogP contribution >= 0.6 is 0 Å². The first kappa shape index (κ1) is 21.8. The second-order valence-electron chi connectivity index (χ2n) is 7.49. The standard InChI is InChI=1S/C23H29N3O4/c1-7-18-25-22(30-26-18)19-15(4)24-16(5)20(23(27)29-11-10-28-6)21(19)17-12-13(2)8-9-14(17)3/h8-9,12,21,24H,7,10-11H2,1-6H3. The van der Waals surface area contributed by atoms with Gasteiger partial charge in [-0.05, 0) is 38.8 Å². The summed E-state index contributed by atoms with van der Waals surface area (Å²) in [6, 6.07) is 6.23. The molecule has 2 aromatic rings. The zero-order chi connectivity index (χ0) is 21.8. The van der Waals surface area contributed by atoms with E-state index < -0.39 is 0 Å². The molecule has 3 rings (SSSR count).